The second kappa shape index (κ2) is 8.21. The summed E-state index contributed by atoms with van der Waals surface area (Å²) in [5, 5.41) is 0. The van der Waals surface area contributed by atoms with E-state index in [0.29, 0.717) is 24.6 Å². The molecule has 3 heteroatoms. The molecule has 0 bridgehead atoms. The molecule has 0 unspecified atom stereocenters. The molecule has 0 aromatic carbocycles. The van der Waals surface area contributed by atoms with Gasteiger partial charge >= 0.3 is 5.97 Å². The molecule has 0 heterocycles. The lowest BCUT2D eigenvalue weighted by molar-refractivity contribution is -0.138. The van der Waals surface area contributed by atoms with E-state index in [0.717, 1.165) is 12.8 Å². The Labute approximate surface area is 92.2 Å². The first-order valence-electron chi connectivity index (χ1n) is 5.35. The van der Waals surface area contributed by atoms with Gasteiger partial charge in [0.2, 0.25) is 0 Å². The van der Waals surface area contributed by atoms with Gasteiger partial charge in [-0.15, -0.1) is 0 Å². The molecule has 0 N–H and O–H groups in total. The fourth-order valence-corrected chi connectivity index (χ4v) is 0.905. The number of hydrogen-bond acceptors (Lipinski definition) is 3. The molecule has 0 saturated heterocycles. The summed E-state index contributed by atoms with van der Waals surface area (Å²) in [7, 11) is 0. The Morgan fingerprint density at radius 3 is 2.73 bits per heavy atom. The van der Waals surface area contributed by atoms with Gasteiger partial charge in [0.1, 0.15) is 6.61 Å². The smallest absolute Gasteiger partial charge is 0.333 e. The maximum Gasteiger partial charge on any atom is 0.333 e. The van der Waals surface area contributed by atoms with Crippen LogP contribution in [-0.2, 0) is 9.53 Å². The van der Waals surface area contributed by atoms with Crippen LogP contribution in [0.4, 0.5) is 0 Å². The Morgan fingerprint density at radius 1 is 1.53 bits per heavy atom. The van der Waals surface area contributed by atoms with E-state index >= 15 is 0 Å². The van der Waals surface area contributed by atoms with Crippen LogP contribution in [0.1, 0.15) is 33.6 Å². The normalized spacial score (nSPS) is 10.9. The van der Waals surface area contributed by atoms with Crippen molar-refractivity contribution >= 4 is 12.2 Å². The lowest BCUT2D eigenvalue weighted by Gasteiger charge is -2.01. The topological polar surface area (TPSA) is 38.7 Å². The molecular formula is C12H21NO2. The Kier molecular flexibility index (Phi) is 7.60. The van der Waals surface area contributed by atoms with Crippen LogP contribution in [0, 0.1) is 5.92 Å². The number of hydrogen-bond donors (Lipinski definition) is 0. The molecule has 0 radical (unpaired) electrons. The highest BCUT2D eigenvalue weighted by Gasteiger charge is 2.00. The van der Waals surface area contributed by atoms with Crippen LogP contribution in [-0.4, -0.2) is 25.3 Å². The molecule has 0 aromatic rings. The van der Waals surface area contributed by atoms with E-state index in [1.165, 1.54) is 0 Å². The largest absolute Gasteiger partial charge is 0.460 e. The van der Waals surface area contributed by atoms with E-state index in [1.807, 2.05) is 6.21 Å². The van der Waals surface area contributed by atoms with Gasteiger partial charge < -0.3 is 4.74 Å². The third kappa shape index (κ3) is 9.19. The summed E-state index contributed by atoms with van der Waals surface area (Å²) in [4.78, 5) is 15.1. The second-order valence-electron chi connectivity index (χ2n) is 3.98. The molecule has 3 nitrogen and oxygen atoms in total. The Bertz CT molecular complexity index is 232. The minimum absolute atomic E-state index is 0.337. The first kappa shape index (κ1) is 13.9. The van der Waals surface area contributed by atoms with E-state index < -0.39 is 0 Å². The van der Waals surface area contributed by atoms with E-state index in [1.54, 1.807) is 6.92 Å². The molecular weight excluding hydrogens is 190 g/mol. The summed E-state index contributed by atoms with van der Waals surface area (Å²) in [6.07, 6.45) is 4.04. The molecule has 0 amide bonds. The van der Waals surface area contributed by atoms with Crippen molar-refractivity contribution in [2.75, 3.05) is 13.2 Å². The number of carbonyl (C=O) groups is 1. The van der Waals surface area contributed by atoms with Crippen molar-refractivity contribution in [3.63, 3.8) is 0 Å². The standard InChI is InChI=1S/C12H21NO2/c1-10(2)6-5-7-13-8-9-15-12(14)11(3)4/h7,10H,3,5-6,8-9H2,1-2,4H3. The van der Waals surface area contributed by atoms with Gasteiger partial charge in [0.25, 0.3) is 0 Å². The number of nitrogens with zero attached hydrogens (tertiary/aromatic N) is 1. The average Bonchev–Trinajstić information content (AvgIpc) is 2.15. The summed E-state index contributed by atoms with van der Waals surface area (Å²) < 4.78 is 4.88. The van der Waals surface area contributed by atoms with Crippen molar-refractivity contribution in [1.29, 1.82) is 0 Å². The minimum atomic E-state index is -0.340. The number of esters is 1. The van der Waals surface area contributed by atoms with E-state index in [2.05, 4.69) is 25.4 Å². The number of rotatable bonds is 7. The van der Waals surface area contributed by atoms with Gasteiger partial charge in [-0.2, -0.15) is 0 Å². The molecule has 0 aliphatic rings. The fourth-order valence-electron chi connectivity index (χ4n) is 0.905. The Morgan fingerprint density at radius 2 is 2.20 bits per heavy atom. The van der Waals surface area contributed by atoms with Crippen molar-refractivity contribution in [2.24, 2.45) is 10.9 Å². The first-order valence-corrected chi connectivity index (χ1v) is 5.35. The maximum atomic E-state index is 10.9. The number of aliphatic imine (C=N–C) groups is 1. The molecule has 0 aromatic heterocycles. The lowest BCUT2D eigenvalue weighted by Crippen LogP contribution is -2.08. The van der Waals surface area contributed by atoms with Gasteiger partial charge in [0.05, 0.1) is 6.54 Å². The third-order valence-electron chi connectivity index (χ3n) is 1.80. The summed E-state index contributed by atoms with van der Waals surface area (Å²) >= 11 is 0. The van der Waals surface area contributed by atoms with Gasteiger partial charge in [-0.1, -0.05) is 20.4 Å². The highest BCUT2D eigenvalue weighted by atomic mass is 16.5. The van der Waals surface area contributed by atoms with Crippen molar-refractivity contribution in [3.8, 4) is 0 Å². The van der Waals surface area contributed by atoms with Crippen molar-refractivity contribution in [1.82, 2.24) is 0 Å². The maximum absolute atomic E-state index is 10.9. The van der Waals surface area contributed by atoms with Gasteiger partial charge in [-0.25, -0.2) is 4.79 Å². The van der Waals surface area contributed by atoms with E-state index in [4.69, 9.17) is 4.74 Å². The quantitative estimate of drug-likeness (QED) is 0.281. The van der Waals surface area contributed by atoms with Crippen LogP contribution in [0.3, 0.4) is 0 Å². The van der Waals surface area contributed by atoms with Gasteiger partial charge in [0, 0.05) is 5.57 Å². The van der Waals surface area contributed by atoms with Crippen LogP contribution in [0.25, 0.3) is 0 Å². The monoisotopic (exact) mass is 211 g/mol. The van der Waals surface area contributed by atoms with Crippen molar-refractivity contribution < 1.29 is 9.53 Å². The first-order chi connectivity index (χ1) is 7.04. The molecule has 0 aliphatic carbocycles. The third-order valence-corrected chi connectivity index (χ3v) is 1.80. The molecule has 15 heavy (non-hydrogen) atoms. The van der Waals surface area contributed by atoms with Gasteiger partial charge in [0.15, 0.2) is 0 Å². The number of ether oxygens (including phenoxy) is 1. The van der Waals surface area contributed by atoms with Gasteiger partial charge in [-0.05, 0) is 31.9 Å². The highest BCUT2D eigenvalue weighted by Crippen LogP contribution is 2.00. The molecule has 0 saturated carbocycles. The van der Waals surface area contributed by atoms with Crippen LogP contribution in [0.15, 0.2) is 17.1 Å². The SMILES string of the molecule is C=C(C)C(=O)OCCN=CCCC(C)C. The van der Waals surface area contributed by atoms with Crippen LogP contribution in [0.2, 0.25) is 0 Å². The lowest BCUT2D eigenvalue weighted by atomic mass is 10.1. The molecule has 0 rings (SSSR count). The fraction of sp³-hybridized carbons (Fsp3) is 0.667. The van der Waals surface area contributed by atoms with Crippen molar-refractivity contribution in [2.45, 2.75) is 33.6 Å². The molecule has 0 spiro atoms. The van der Waals surface area contributed by atoms with Crippen LogP contribution in [0.5, 0.6) is 0 Å². The Balaban J connectivity index is 3.38. The average molecular weight is 211 g/mol. The van der Waals surface area contributed by atoms with Crippen LogP contribution < -0.4 is 0 Å². The highest BCUT2D eigenvalue weighted by molar-refractivity contribution is 5.86. The number of carbonyl (C=O) groups excluding carboxylic acids is 1. The van der Waals surface area contributed by atoms with Crippen molar-refractivity contribution in [3.05, 3.63) is 12.2 Å². The second-order valence-corrected chi connectivity index (χ2v) is 3.98. The minimum Gasteiger partial charge on any atom is -0.460 e. The molecule has 0 aliphatic heterocycles. The zero-order valence-corrected chi connectivity index (χ0v) is 9.95. The molecule has 0 atom stereocenters. The summed E-state index contributed by atoms with van der Waals surface area (Å²) in [5.41, 5.74) is 0.429. The summed E-state index contributed by atoms with van der Waals surface area (Å²) in [5.74, 6) is 0.366. The predicted molar refractivity (Wildman–Crippen MR) is 63.2 cm³/mol. The van der Waals surface area contributed by atoms with Gasteiger partial charge in [-0.3, -0.25) is 4.99 Å². The predicted octanol–water partition coefficient (Wildman–Crippen LogP) is 2.61. The zero-order valence-electron chi connectivity index (χ0n) is 9.95. The zero-order chi connectivity index (χ0) is 11.7. The van der Waals surface area contributed by atoms with E-state index in [9.17, 15) is 4.79 Å². The summed E-state index contributed by atoms with van der Waals surface area (Å²) in [6, 6.07) is 0. The summed E-state index contributed by atoms with van der Waals surface area (Å²) in [6.45, 7) is 10.4. The molecule has 0 fully saturated rings. The Hall–Kier alpha value is -1.12. The van der Waals surface area contributed by atoms with Crippen LogP contribution >= 0.6 is 0 Å². The molecule has 86 valence electrons. The van der Waals surface area contributed by atoms with E-state index in [-0.39, 0.29) is 5.97 Å².